The van der Waals surface area contributed by atoms with E-state index < -0.39 is 5.97 Å². The standard InChI is InChI=1S/C22H16BrNO2/c23-20-14-12-19(13-15-20)22(18-9-5-2-6-10-18)24-26-21(25)16-11-17-7-3-1-4-8-17/h1-16H/b16-11-,24-22+. The second-order valence-electron chi connectivity index (χ2n) is 5.47. The normalized spacial score (nSPS) is 11.5. The molecule has 0 aliphatic carbocycles. The molecule has 0 spiro atoms. The third kappa shape index (κ3) is 5.01. The van der Waals surface area contributed by atoms with Crippen LogP contribution in [0.1, 0.15) is 16.7 Å². The molecule has 26 heavy (non-hydrogen) atoms. The molecule has 0 unspecified atom stereocenters. The van der Waals surface area contributed by atoms with Crippen molar-refractivity contribution in [3.63, 3.8) is 0 Å². The Morgan fingerprint density at radius 2 is 1.38 bits per heavy atom. The topological polar surface area (TPSA) is 38.7 Å². The molecule has 3 aromatic carbocycles. The van der Waals surface area contributed by atoms with E-state index >= 15 is 0 Å². The number of carbonyl (C=O) groups is 1. The molecule has 0 fully saturated rings. The summed E-state index contributed by atoms with van der Waals surface area (Å²) in [5.74, 6) is -0.528. The minimum absolute atomic E-state index is 0.528. The average Bonchev–Trinajstić information content (AvgIpc) is 2.69. The van der Waals surface area contributed by atoms with E-state index in [1.54, 1.807) is 6.08 Å². The fourth-order valence-corrected chi connectivity index (χ4v) is 2.59. The molecule has 0 aromatic heterocycles. The molecule has 3 aromatic rings. The van der Waals surface area contributed by atoms with Crippen LogP contribution in [0, 0.1) is 0 Å². The number of nitrogens with zero attached hydrogens (tertiary/aromatic N) is 1. The van der Waals surface area contributed by atoms with Crippen LogP contribution >= 0.6 is 15.9 Å². The van der Waals surface area contributed by atoms with E-state index in [9.17, 15) is 4.79 Å². The second kappa shape index (κ2) is 8.92. The lowest BCUT2D eigenvalue weighted by molar-refractivity contribution is -0.137. The Labute approximate surface area is 160 Å². The minimum Gasteiger partial charge on any atom is -0.313 e. The molecule has 0 bridgehead atoms. The summed E-state index contributed by atoms with van der Waals surface area (Å²) in [6, 6.07) is 26.8. The van der Waals surface area contributed by atoms with Crippen LogP contribution < -0.4 is 0 Å². The summed E-state index contributed by atoms with van der Waals surface area (Å²) in [7, 11) is 0. The third-order valence-corrected chi connectivity index (χ3v) is 4.13. The molecular weight excluding hydrogens is 390 g/mol. The van der Waals surface area contributed by atoms with E-state index in [2.05, 4.69) is 21.1 Å². The zero-order chi connectivity index (χ0) is 18.2. The molecule has 0 radical (unpaired) electrons. The van der Waals surface area contributed by atoms with Gasteiger partial charge in [0.25, 0.3) is 0 Å². The van der Waals surface area contributed by atoms with Gasteiger partial charge in [-0.1, -0.05) is 93.9 Å². The highest BCUT2D eigenvalue weighted by molar-refractivity contribution is 9.10. The zero-order valence-electron chi connectivity index (χ0n) is 13.9. The fraction of sp³-hybridized carbons (Fsp3) is 0. The molecule has 0 amide bonds. The first-order valence-electron chi connectivity index (χ1n) is 8.06. The van der Waals surface area contributed by atoms with Crippen LogP contribution in [-0.2, 0) is 9.63 Å². The Balaban J connectivity index is 1.81. The molecule has 3 nitrogen and oxygen atoms in total. The molecule has 0 saturated heterocycles. The lowest BCUT2D eigenvalue weighted by atomic mass is 10.0. The van der Waals surface area contributed by atoms with Gasteiger partial charge in [-0.25, -0.2) is 4.79 Å². The van der Waals surface area contributed by atoms with Gasteiger partial charge in [0.05, 0.1) is 0 Å². The van der Waals surface area contributed by atoms with Gasteiger partial charge in [0.1, 0.15) is 5.71 Å². The predicted octanol–water partition coefficient (Wildman–Crippen LogP) is 5.46. The van der Waals surface area contributed by atoms with Crippen molar-refractivity contribution in [2.45, 2.75) is 0 Å². The number of rotatable bonds is 5. The second-order valence-corrected chi connectivity index (χ2v) is 6.38. The van der Waals surface area contributed by atoms with Crippen LogP contribution in [0.3, 0.4) is 0 Å². The summed E-state index contributed by atoms with van der Waals surface area (Å²) < 4.78 is 0.969. The van der Waals surface area contributed by atoms with E-state index in [0.29, 0.717) is 5.71 Å². The van der Waals surface area contributed by atoms with Crippen LogP contribution in [0.2, 0.25) is 0 Å². The molecule has 0 aliphatic rings. The third-order valence-electron chi connectivity index (χ3n) is 3.60. The van der Waals surface area contributed by atoms with Crippen LogP contribution in [0.5, 0.6) is 0 Å². The maximum Gasteiger partial charge on any atom is 0.358 e. The van der Waals surface area contributed by atoms with Crippen molar-refractivity contribution in [3.05, 3.63) is 112 Å². The van der Waals surface area contributed by atoms with Crippen molar-refractivity contribution >= 4 is 33.7 Å². The van der Waals surface area contributed by atoms with Gasteiger partial charge in [0.15, 0.2) is 0 Å². The molecule has 4 heteroatoms. The van der Waals surface area contributed by atoms with Crippen LogP contribution in [0.4, 0.5) is 0 Å². The van der Waals surface area contributed by atoms with Gasteiger partial charge in [-0.3, -0.25) is 0 Å². The quantitative estimate of drug-likeness (QED) is 0.244. The van der Waals surface area contributed by atoms with Gasteiger partial charge in [-0.05, 0) is 23.8 Å². The van der Waals surface area contributed by atoms with Gasteiger partial charge in [0.2, 0.25) is 0 Å². The highest BCUT2D eigenvalue weighted by atomic mass is 79.9. The summed E-state index contributed by atoms with van der Waals surface area (Å²) in [5.41, 5.74) is 3.25. The smallest absolute Gasteiger partial charge is 0.313 e. The van der Waals surface area contributed by atoms with Crippen molar-refractivity contribution in [3.8, 4) is 0 Å². The summed E-state index contributed by atoms with van der Waals surface area (Å²) in [4.78, 5) is 17.1. The van der Waals surface area contributed by atoms with Crippen molar-refractivity contribution in [1.82, 2.24) is 0 Å². The number of carbonyl (C=O) groups excluding carboxylic acids is 1. The van der Waals surface area contributed by atoms with Crippen molar-refractivity contribution in [2.24, 2.45) is 5.16 Å². The maximum absolute atomic E-state index is 12.0. The van der Waals surface area contributed by atoms with E-state index in [-0.39, 0.29) is 0 Å². The number of oxime groups is 1. The van der Waals surface area contributed by atoms with Crippen molar-refractivity contribution < 1.29 is 9.63 Å². The average molecular weight is 406 g/mol. The first kappa shape index (κ1) is 17.8. The number of benzene rings is 3. The summed E-state index contributed by atoms with van der Waals surface area (Å²) in [5, 5.41) is 4.11. The van der Waals surface area contributed by atoms with Gasteiger partial charge in [0, 0.05) is 21.7 Å². The van der Waals surface area contributed by atoms with Crippen molar-refractivity contribution in [2.75, 3.05) is 0 Å². The Bertz CT molecular complexity index is 917. The number of hydrogen-bond donors (Lipinski definition) is 0. The van der Waals surface area contributed by atoms with Gasteiger partial charge in [-0.2, -0.15) is 0 Å². The summed E-state index contributed by atoms with van der Waals surface area (Å²) >= 11 is 3.42. The molecule has 0 saturated carbocycles. The van der Waals surface area contributed by atoms with Gasteiger partial charge >= 0.3 is 5.97 Å². The Morgan fingerprint density at radius 3 is 2.04 bits per heavy atom. The van der Waals surface area contributed by atoms with E-state index in [1.807, 2.05) is 84.9 Å². The van der Waals surface area contributed by atoms with Crippen LogP contribution in [-0.4, -0.2) is 11.7 Å². The fourth-order valence-electron chi connectivity index (χ4n) is 2.33. The van der Waals surface area contributed by atoms with E-state index in [1.165, 1.54) is 6.08 Å². The lowest BCUT2D eigenvalue weighted by Gasteiger charge is -2.06. The molecule has 128 valence electrons. The SMILES string of the molecule is O=C(/C=C\c1ccccc1)O/N=C(\c1ccccc1)c1ccc(Br)cc1. The molecule has 0 atom stereocenters. The van der Waals surface area contributed by atoms with Gasteiger partial charge in [-0.15, -0.1) is 0 Å². The Hall–Kier alpha value is -2.98. The van der Waals surface area contributed by atoms with Crippen LogP contribution in [0.25, 0.3) is 6.08 Å². The first-order chi connectivity index (χ1) is 12.7. The highest BCUT2D eigenvalue weighted by Crippen LogP contribution is 2.15. The molecular formula is C22H16BrNO2. The molecule has 0 heterocycles. The van der Waals surface area contributed by atoms with Crippen LogP contribution in [0.15, 0.2) is 101 Å². The minimum atomic E-state index is -0.528. The Kier molecular flexibility index (Phi) is 6.12. The Morgan fingerprint density at radius 1 is 0.808 bits per heavy atom. The maximum atomic E-state index is 12.0. The predicted molar refractivity (Wildman–Crippen MR) is 108 cm³/mol. The highest BCUT2D eigenvalue weighted by Gasteiger charge is 2.09. The summed E-state index contributed by atoms with van der Waals surface area (Å²) in [6.45, 7) is 0. The lowest BCUT2D eigenvalue weighted by Crippen LogP contribution is -2.06. The van der Waals surface area contributed by atoms with Gasteiger partial charge < -0.3 is 4.84 Å². The monoisotopic (exact) mass is 405 g/mol. The first-order valence-corrected chi connectivity index (χ1v) is 8.85. The van der Waals surface area contributed by atoms with E-state index in [4.69, 9.17) is 4.84 Å². The van der Waals surface area contributed by atoms with Crippen molar-refractivity contribution in [1.29, 1.82) is 0 Å². The zero-order valence-corrected chi connectivity index (χ0v) is 15.5. The molecule has 0 N–H and O–H groups in total. The number of halogens is 1. The summed E-state index contributed by atoms with van der Waals surface area (Å²) in [6.07, 6.45) is 3.06. The molecule has 0 aliphatic heterocycles. The van der Waals surface area contributed by atoms with E-state index in [0.717, 1.165) is 21.2 Å². The number of hydrogen-bond acceptors (Lipinski definition) is 3. The largest absolute Gasteiger partial charge is 0.358 e. The molecule has 3 rings (SSSR count).